The van der Waals surface area contributed by atoms with Crippen LogP contribution in [0.15, 0.2) is 0 Å². The van der Waals surface area contributed by atoms with Gasteiger partial charge in [0, 0.05) is 6.54 Å². The van der Waals surface area contributed by atoms with E-state index in [2.05, 4.69) is 5.32 Å². The lowest BCUT2D eigenvalue weighted by Gasteiger charge is -2.12. The Labute approximate surface area is 78.7 Å². The van der Waals surface area contributed by atoms with Gasteiger partial charge in [0.25, 0.3) is 0 Å². The van der Waals surface area contributed by atoms with E-state index >= 15 is 0 Å². The highest BCUT2D eigenvalue weighted by Crippen LogP contribution is 2.12. The Morgan fingerprint density at radius 1 is 1.17 bits per heavy atom. The zero-order valence-electron chi connectivity index (χ0n) is 7.31. The van der Waals surface area contributed by atoms with Crippen molar-refractivity contribution in [2.24, 2.45) is 0 Å². The molecule has 0 spiro atoms. The lowest BCUT2D eigenvalue weighted by molar-refractivity contribution is -0.120. The normalized spacial score (nSPS) is 27.8. The fourth-order valence-electron chi connectivity index (χ4n) is 1.43. The van der Waals surface area contributed by atoms with E-state index in [-0.39, 0.29) is 11.3 Å². The molecule has 0 radical (unpaired) electrons. The summed E-state index contributed by atoms with van der Waals surface area (Å²) in [6.07, 6.45) is 6.73. The zero-order valence-corrected chi connectivity index (χ0v) is 8.07. The lowest BCUT2D eigenvalue weighted by Crippen LogP contribution is -2.32. The van der Waals surface area contributed by atoms with Crippen LogP contribution in [-0.4, -0.2) is 17.8 Å². The SMILES string of the molecule is O=C1NCCCCCCCC1Cl. The molecule has 1 amide bonds. The average Bonchev–Trinajstić information content (AvgIpc) is 2.08. The van der Waals surface area contributed by atoms with Crippen molar-refractivity contribution < 1.29 is 4.79 Å². The number of carbonyl (C=O) groups excluding carboxylic acids is 1. The molecule has 1 heterocycles. The van der Waals surface area contributed by atoms with Crippen LogP contribution in [0.25, 0.3) is 0 Å². The summed E-state index contributed by atoms with van der Waals surface area (Å²) < 4.78 is 0. The minimum Gasteiger partial charge on any atom is -0.355 e. The number of rotatable bonds is 0. The van der Waals surface area contributed by atoms with Crippen LogP contribution < -0.4 is 5.32 Å². The molecule has 3 heteroatoms. The van der Waals surface area contributed by atoms with Crippen molar-refractivity contribution in [2.45, 2.75) is 43.9 Å². The highest BCUT2D eigenvalue weighted by Gasteiger charge is 2.14. The number of nitrogens with one attached hydrogen (secondary N) is 1. The second-order valence-corrected chi connectivity index (χ2v) is 3.84. The minimum atomic E-state index is -0.303. The molecule has 0 aliphatic carbocycles. The predicted molar refractivity (Wildman–Crippen MR) is 50.4 cm³/mol. The van der Waals surface area contributed by atoms with Gasteiger partial charge < -0.3 is 5.32 Å². The molecular weight excluding hydrogens is 174 g/mol. The van der Waals surface area contributed by atoms with Gasteiger partial charge in [-0.3, -0.25) is 4.79 Å². The number of alkyl halides is 1. The number of amides is 1. The van der Waals surface area contributed by atoms with Crippen molar-refractivity contribution in [1.29, 1.82) is 0 Å². The van der Waals surface area contributed by atoms with Crippen molar-refractivity contribution >= 4 is 17.5 Å². The van der Waals surface area contributed by atoms with Crippen LogP contribution in [0.4, 0.5) is 0 Å². The first kappa shape index (κ1) is 9.85. The third-order valence-corrected chi connectivity index (χ3v) is 2.63. The van der Waals surface area contributed by atoms with Crippen LogP contribution in [0.1, 0.15) is 38.5 Å². The molecule has 1 saturated heterocycles. The van der Waals surface area contributed by atoms with E-state index in [0.29, 0.717) is 0 Å². The molecule has 70 valence electrons. The number of carbonyl (C=O) groups is 1. The topological polar surface area (TPSA) is 29.1 Å². The lowest BCUT2D eigenvalue weighted by atomic mass is 10.1. The summed E-state index contributed by atoms with van der Waals surface area (Å²) >= 11 is 5.86. The highest BCUT2D eigenvalue weighted by molar-refractivity contribution is 6.30. The monoisotopic (exact) mass is 189 g/mol. The van der Waals surface area contributed by atoms with Crippen molar-refractivity contribution in [3.8, 4) is 0 Å². The first-order chi connectivity index (χ1) is 5.80. The summed E-state index contributed by atoms with van der Waals surface area (Å²) in [7, 11) is 0. The molecule has 12 heavy (non-hydrogen) atoms. The third kappa shape index (κ3) is 3.44. The fraction of sp³-hybridized carbons (Fsp3) is 0.889. The maximum Gasteiger partial charge on any atom is 0.238 e. The predicted octanol–water partition coefficient (Wildman–Crippen LogP) is 2.06. The summed E-state index contributed by atoms with van der Waals surface area (Å²) in [5.74, 6) is 0.0126. The molecule has 1 aliphatic heterocycles. The van der Waals surface area contributed by atoms with Gasteiger partial charge in [-0.2, -0.15) is 0 Å². The standard InChI is InChI=1S/C9H16ClNO/c10-8-6-4-2-1-3-5-7-11-9(8)12/h8H,1-7H2,(H,11,12). The Hall–Kier alpha value is -0.240. The van der Waals surface area contributed by atoms with Crippen LogP contribution in [0.3, 0.4) is 0 Å². The van der Waals surface area contributed by atoms with Crippen LogP contribution in [0.5, 0.6) is 0 Å². The summed E-state index contributed by atoms with van der Waals surface area (Å²) in [5, 5.41) is 2.53. The van der Waals surface area contributed by atoms with E-state index in [0.717, 1.165) is 25.8 Å². The number of halogens is 1. The van der Waals surface area contributed by atoms with E-state index in [1.165, 1.54) is 19.3 Å². The summed E-state index contributed by atoms with van der Waals surface area (Å²) in [4.78, 5) is 11.2. The van der Waals surface area contributed by atoms with Gasteiger partial charge in [0.1, 0.15) is 5.38 Å². The first-order valence-electron chi connectivity index (χ1n) is 4.72. The first-order valence-corrected chi connectivity index (χ1v) is 5.16. The van der Waals surface area contributed by atoms with E-state index in [1.54, 1.807) is 0 Å². The maximum absolute atomic E-state index is 11.2. The van der Waals surface area contributed by atoms with E-state index < -0.39 is 0 Å². The molecule has 1 unspecified atom stereocenters. The molecule has 2 nitrogen and oxygen atoms in total. The Kier molecular flexibility index (Phi) is 4.44. The van der Waals surface area contributed by atoms with Crippen LogP contribution in [-0.2, 0) is 4.79 Å². The van der Waals surface area contributed by atoms with Gasteiger partial charge in [-0.15, -0.1) is 11.6 Å². The second-order valence-electron chi connectivity index (χ2n) is 3.32. The smallest absolute Gasteiger partial charge is 0.238 e. The Balaban J connectivity index is 2.31. The van der Waals surface area contributed by atoms with E-state index in [4.69, 9.17) is 11.6 Å². The van der Waals surface area contributed by atoms with Gasteiger partial charge in [-0.05, 0) is 12.8 Å². The molecule has 0 aromatic rings. The Morgan fingerprint density at radius 3 is 2.67 bits per heavy atom. The van der Waals surface area contributed by atoms with Crippen LogP contribution in [0, 0.1) is 0 Å². The second kappa shape index (κ2) is 5.41. The molecule has 1 atom stereocenters. The fourth-order valence-corrected chi connectivity index (χ4v) is 1.66. The third-order valence-electron chi connectivity index (χ3n) is 2.22. The van der Waals surface area contributed by atoms with Gasteiger partial charge in [-0.25, -0.2) is 0 Å². The molecule has 1 N–H and O–H groups in total. The van der Waals surface area contributed by atoms with E-state index in [1.807, 2.05) is 0 Å². The molecule has 0 aromatic heterocycles. The molecule has 1 aliphatic rings. The van der Waals surface area contributed by atoms with Gasteiger partial charge in [0.05, 0.1) is 0 Å². The molecule has 1 fully saturated rings. The van der Waals surface area contributed by atoms with Gasteiger partial charge >= 0.3 is 0 Å². The van der Waals surface area contributed by atoms with Crippen molar-refractivity contribution in [1.82, 2.24) is 5.32 Å². The molecule has 1 rings (SSSR count). The summed E-state index contributed by atoms with van der Waals surface area (Å²) in [5.41, 5.74) is 0. The quantitative estimate of drug-likeness (QED) is 0.581. The number of hydrogen-bond donors (Lipinski definition) is 1. The van der Waals surface area contributed by atoms with Gasteiger partial charge in [-0.1, -0.05) is 25.7 Å². The minimum absolute atomic E-state index is 0.0126. The Morgan fingerprint density at radius 2 is 1.83 bits per heavy atom. The zero-order chi connectivity index (χ0) is 8.81. The molecular formula is C9H16ClNO. The molecule has 0 saturated carbocycles. The van der Waals surface area contributed by atoms with Gasteiger partial charge in [0.2, 0.25) is 5.91 Å². The summed E-state index contributed by atoms with van der Waals surface area (Å²) in [6.45, 7) is 0.794. The van der Waals surface area contributed by atoms with Crippen molar-refractivity contribution in [3.05, 3.63) is 0 Å². The largest absolute Gasteiger partial charge is 0.355 e. The summed E-state index contributed by atoms with van der Waals surface area (Å²) in [6, 6.07) is 0. The molecule has 0 bridgehead atoms. The average molecular weight is 190 g/mol. The molecule has 0 aromatic carbocycles. The maximum atomic E-state index is 11.2. The highest BCUT2D eigenvalue weighted by atomic mass is 35.5. The Bertz CT molecular complexity index is 149. The van der Waals surface area contributed by atoms with Crippen LogP contribution in [0.2, 0.25) is 0 Å². The van der Waals surface area contributed by atoms with E-state index in [9.17, 15) is 4.79 Å². The van der Waals surface area contributed by atoms with Gasteiger partial charge in [0.15, 0.2) is 0 Å². The van der Waals surface area contributed by atoms with Crippen molar-refractivity contribution in [2.75, 3.05) is 6.54 Å². The number of hydrogen-bond acceptors (Lipinski definition) is 1. The van der Waals surface area contributed by atoms with Crippen LogP contribution >= 0.6 is 11.6 Å². The van der Waals surface area contributed by atoms with Crippen molar-refractivity contribution in [3.63, 3.8) is 0 Å².